The standard InChI is InChI=1S/C34H50N4O5/c1-8-18-36(19-9-2)30(40)27-28-31(41)38(21-13-22-39)29(34(28)23-24(6)33(27,7)43-34)32(42)37(20-10-3)26-16-14-25(15-17-26)35(11-4)12-5/h8,10,14-17,24,27-29,39H,1,3,9,11-13,18-23H2,2,4-7H3/t24?,27-,28+,29?,33+,34?/m1/s1. The van der Waals surface area contributed by atoms with Crippen LogP contribution in [0.1, 0.15) is 53.9 Å². The van der Waals surface area contributed by atoms with Crippen molar-refractivity contribution in [1.82, 2.24) is 9.80 Å². The minimum atomic E-state index is -1.15. The minimum absolute atomic E-state index is 0.0491. The van der Waals surface area contributed by atoms with Crippen LogP contribution >= 0.6 is 0 Å². The Kier molecular flexibility index (Phi) is 10.1. The van der Waals surface area contributed by atoms with Gasteiger partial charge in [-0.25, -0.2) is 0 Å². The van der Waals surface area contributed by atoms with Crippen molar-refractivity contribution in [2.24, 2.45) is 17.8 Å². The molecule has 9 heteroatoms. The topological polar surface area (TPSA) is 93.6 Å². The lowest BCUT2D eigenvalue weighted by Crippen LogP contribution is -2.57. The summed E-state index contributed by atoms with van der Waals surface area (Å²) in [6.45, 7) is 21.0. The highest BCUT2D eigenvalue weighted by molar-refractivity contribution is 6.05. The average molecular weight is 595 g/mol. The van der Waals surface area contributed by atoms with Gasteiger partial charge in [0, 0.05) is 57.3 Å². The molecule has 9 nitrogen and oxygen atoms in total. The van der Waals surface area contributed by atoms with E-state index in [0.29, 0.717) is 31.6 Å². The van der Waals surface area contributed by atoms with Crippen LogP contribution in [-0.2, 0) is 19.1 Å². The summed E-state index contributed by atoms with van der Waals surface area (Å²) in [7, 11) is 0. The summed E-state index contributed by atoms with van der Waals surface area (Å²) in [5, 5.41) is 9.72. The first kappa shape index (κ1) is 32.7. The molecule has 0 saturated carbocycles. The van der Waals surface area contributed by atoms with Crippen molar-refractivity contribution in [1.29, 1.82) is 0 Å². The second kappa shape index (κ2) is 13.2. The average Bonchev–Trinajstić information content (AvgIpc) is 3.51. The third-order valence-electron chi connectivity index (χ3n) is 9.89. The van der Waals surface area contributed by atoms with Crippen molar-refractivity contribution < 1.29 is 24.2 Å². The van der Waals surface area contributed by atoms with E-state index in [0.717, 1.165) is 25.2 Å². The Morgan fingerprint density at radius 2 is 1.70 bits per heavy atom. The van der Waals surface area contributed by atoms with Crippen molar-refractivity contribution in [3.05, 3.63) is 49.6 Å². The first-order valence-electron chi connectivity index (χ1n) is 15.9. The maximum absolute atomic E-state index is 14.8. The molecule has 3 fully saturated rings. The number of aliphatic hydroxyl groups is 1. The Morgan fingerprint density at radius 3 is 2.26 bits per heavy atom. The molecule has 4 rings (SSSR count). The van der Waals surface area contributed by atoms with Gasteiger partial charge in [0.15, 0.2) is 0 Å². The zero-order valence-electron chi connectivity index (χ0n) is 26.6. The maximum Gasteiger partial charge on any atom is 0.253 e. The molecule has 6 atom stereocenters. The Labute approximate surface area is 257 Å². The highest BCUT2D eigenvalue weighted by atomic mass is 16.5. The molecule has 236 valence electrons. The second-order valence-corrected chi connectivity index (χ2v) is 12.3. The van der Waals surface area contributed by atoms with Crippen LogP contribution in [0.3, 0.4) is 0 Å². The summed E-state index contributed by atoms with van der Waals surface area (Å²) in [6.07, 6.45) is 4.98. The SMILES string of the molecule is C=CCN(CCC)C(=O)[C@H]1[C@H]2C(=O)N(CCCO)C(C(=O)N(CC=C)c3ccc(N(CC)CC)cc3)C23CC(C)[C@]1(C)O3. The van der Waals surface area contributed by atoms with Gasteiger partial charge >= 0.3 is 0 Å². The van der Waals surface area contributed by atoms with E-state index in [1.807, 2.05) is 38.1 Å². The summed E-state index contributed by atoms with van der Waals surface area (Å²) in [4.78, 5) is 50.6. The van der Waals surface area contributed by atoms with Crippen LogP contribution in [0.2, 0.25) is 0 Å². The monoisotopic (exact) mass is 594 g/mol. The van der Waals surface area contributed by atoms with Crippen LogP contribution < -0.4 is 9.80 Å². The number of hydrogen-bond acceptors (Lipinski definition) is 6. The van der Waals surface area contributed by atoms with Gasteiger partial charge in [0.1, 0.15) is 11.6 Å². The third-order valence-corrected chi connectivity index (χ3v) is 9.89. The van der Waals surface area contributed by atoms with Crippen LogP contribution in [0.15, 0.2) is 49.6 Å². The van der Waals surface area contributed by atoms with Gasteiger partial charge in [0.05, 0.1) is 17.4 Å². The van der Waals surface area contributed by atoms with Gasteiger partial charge in [0.2, 0.25) is 11.8 Å². The van der Waals surface area contributed by atoms with E-state index in [1.165, 1.54) is 0 Å². The van der Waals surface area contributed by atoms with Crippen LogP contribution in [-0.4, -0.2) is 95.7 Å². The molecular formula is C34H50N4O5. The number of aliphatic hydroxyl groups excluding tert-OH is 1. The van der Waals surface area contributed by atoms with Crippen LogP contribution in [0.25, 0.3) is 0 Å². The zero-order chi connectivity index (χ0) is 31.5. The van der Waals surface area contributed by atoms with Gasteiger partial charge in [-0.2, -0.15) is 0 Å². The Hall–Kier alpha value is -3.17. The number of benzene rings is 1. The van der Waals surface area contributed by atoms with E-state index in [9.17, 15) is 19.5 Å². The fraction of sp³-hybridized carbons (Fsp3) is 0.618. The molecular weight excluding hydrogens is 544 g/mol. The van der Waals surface area contributed by atoms with Crippen LogP contribution in [0, 0.1) is 17.8 Å². The Morgan fingerprint density at radius 1 is 1.07 bits per heavy atom. The second-order valence-electron chi connectivity index (χ2n) is 12.3. The molecule has 0 radical (unpaired) electrons. The molecule has 2 bridgehead atoms. The highest BCUT2D eigenvalue weighted by Crippen LogP contribution is 2.65. The fourth-order valence-electron chi connectivity index (χ4n) is 7.82. The summed E-state index contributed by atoms with van der Waals surface area (Å²) < 4.78 is 6.90. The molecule has 3 saturated heterocycles. The van der Waals surface area contributed by atoms with Gasteiger partial charge in [-0.3, -0.25) is 14.4 Å². The molecule has 1 aromatic carbocycles. The largest absolute Gasteiger partial charge is 0.396 e. The van der Waals surface area contributed by atoms with Crippen LogP contribution in [0.5, 0.6) is 0 Å². The number of likely N-dealkylation sites (tertiary alicyclic amines) is 1. The molecule has 0 aliphatic carbocycles. The van der Waals surface area contributed by atoms with E-state index in [2.05, 4.69) is 38.8 Å². The van der Waals surface area contributed by atoms with E-state index in [-0.39, 0.29) is 43.3 Å². The van der Waals surface area contributed by atoms with E-state index >= 15 is 0 Å². The lowest BCUT2D eigenvalue weighted by atomic mass is 9.62. The summed E-state index contributed by atoms with van der Waals surface area (Å²) in [5.74, 6) is -2.18. The Balaban J connectivity index is 1.79. The van der Waals surface area contributed by atoms with E-state index in [4.69, 9.17) is 4.74 Å². The quantitative estimate of drug-likeness (QED) is 0.310. The predicted octanol–water partition coefficient (Wildman–Crippen LogP) is 3.87. The minimum Gasteiger partial charge on any atom is -0.396 e. The number of nitrogens with zero attached hydrogens (tertiary/aromatic N) is 4. The number of hydrogen-bond donors (Lipinski definition) is 1. The summed E-state index contributed by atoms with van der Waals surface area (Å²) >= 11 is 0. The molecule has 3 amide bonds. The lowest BCUT2D eigenvalue weighted by Gasteiger charge is -2.39. The van der Waals surface area contributed by atoms with Crippen molar-refractivity contribution in [2.75, 3.05) is 55.7 Å². The fourth-order valence-corrected chi connectivity index (χ4v) is 7.82. The molecule has 0 aromatic heterocycles. The third kappa shape index (κ3) is 5.39. The van der Waals surface area contributed by atoms with Gasteiger partial charge < -0.3 is 29.4 Å². The molecule has 3 unspecified atom stereocenters. The van der Waals surface area contributed by atoms with Gasteiger partial charge in [-0.1, -0.05) is 26.0 Å². The number of carbonyl (C=O) groups is 3. The molecule has 3 aliphatic heterocycles. The van der Waals surface area contributed by atoms with E-state index < -0.39 is 29.1 Å². The first-order valence-corrected chi connectivity index (χ1v) is 15.9. The summed E-state index contributed by atoms with van der Waals surface area (Å²) in [6, 6.07) is 6.95. The van der Waals surface area contributed by atoms with Gasteiger partial charge in [-0.15, -0.1) is 13.2 Å². The Bertz CT molecular complexity index is 1200. The lowest BCUT2D eigenvalue weighted by molar-refractivity contribution is -0.151. The number of carbonyl (C=O) groups excluding carboxylic acids is 3. The number of fused-ring (bicyclic) bond motifs is 1. The summed E-state index contributed by atoms with van der Waals surface area (Å²) in [5.41, 5.74) is -0.267. The predicted molar refractivity (Wildman–Crippen MR) is 170 cm³/mol. The number of ether oxygens (including phenoxy) is 1. The van der Waals surface area contributed by atoms with Crippen molar-refractivity contribution >= 4 is 29.1 Å². The highest BCUT2D eigenvalue weighted by Gasteiger charge is 2.80. The molecule has 1 aromatic rings. The van der Waals surface area contributed by atoms with Crippen LogP contribution in [0.4, 0.5) is 11.4 Å². The number of amides is 3. The van der Waals surface area contributed by atoms with Gasteiger partial charge in [0.25, 0.3) is 5.91 Å². The maximum atomic E-state index is 14.8. The molecule has 43 heavy (non-hydrogen) atoms. The molecule has 3 heterocycles. The molecule has 1 spiro atoms. The first-order chi connectivity index (χ1) is 20.6. The normalized spacial score (nSPS) is 29.0. The van der Waals surface area contributed by atoms with Crippen molar-refractivity contribution in [3.8, 4) is 0 Å². The van der Waals surface area contributed by atoms with E-state index in [1.54, 1.807) is 26.9 Å². The smallest absolute Gasteiger partial charge is 0.253 e. The number of rotatable bonds is 15. The number of anilines is 2. The van der Waals surface area contributed by atoms with Gasteiger partial charge in [-0.05, 0) is 70.2 Å². The van der Waals surface area contributed by atoms with Crippen molar-refractivity contribution in [3.63, 3.8) is 0 Å². The molecule has 3 aliphatic rings. The molecule has 1 N–H and O–H groups in total. The zero-order valence-corrected chi connectivity index (χ0v) is 26.6. The van der Waals surface area contributed by atoms with Crippen molar-refractivity contribution in [2.45, 2.75) is 71.1 Å².